The van der Waals surface area contributed by atoms with E-state index in [0.29, 0.717) is 40.5 Å². The zero-order chi connectivity index (χ0) is 63.1. The summed E-state index contributed by atoms with van der Waals surface area (Å²) in [6.45, 7) is 33.4. The third-order valence-electron chi connectivity index (χ3n) is 33.9. The van der Waals surface area contributed by atoms with E-state index in [1.165, 1.54) is 105 Å². The highest BCUT2D eigenvalue weighted by atomic mass is 79.9. The van der Waals surface area contributed by atoms with Gasteiger partial charge in [0, 0.05) is 122 Å². The van der Waals surface area contributed by atoms with Crippen LogP contribution in [0.2, 0.25) is 0 Å². The minimum absolute atomic E-state index is 0.00907. The fourth-order valence-electron chi connectivity index (χ4n) is 29.5. The summed E-state index contributed by atoms with van der Waals surface area (Å²) in [5, 5.41) is 31.3. The molecule has 0 aromatic heterocycles. The number of carbonyl (C=O) groups is 1. The van der Waals surface area contributed by atoms with Crippen LogP contribution in [0.5, 0.6) is 17.2 Å². The average molecular weight is 1270 g/mol. The maximum absolute atomic E-state index is 12.7. The first-order valence-electron chi connectivity index (χ1n) is 35.0. The van der Waals surface area contributed by atoms with Crippen molar-refractivity contribution in [3.8, 4) is 22.2 Å². The molecule has 3 saturated heterocycles. The molecule has 89 heavy (non-hydrogen) atoms. The quantitative estimate of drug-likeness (QED) is 0.246. The molecular formula is C78H101BrN4O6. The standard InChI is InChI=1S/2C27H37NO2.C23H27NO2.CBrN/c2*1-15-8-9-16-12-26-14-27-18(16)19(15)30-21(27)23(5)10-11-25(27,20(26)28(26)7)13-17(23)24(6,29)22(2,3)4;1-12-5-6-14-9-22-11-23-16(14)17(12)26-19(23)20(3)7-8-21(23,18(22)24(22)4)10-15(20)13(2)25;2-1-3/h2*8-9,17,20-21,29H,10-14H2,1-7H3;5-6,15,18-19H,7-11H2,1-4H3;/t2*17?,20-,21?,23?,24?,25?,26+,27-,28?;15?,18-,19?,20?,21?,22+,23-,24?;/m000./s1. The highest BCUT2D eigenvalue weighted by molar-refractivity contribution is 9.12. The van der Waals surface area contributed by atoms with Gasteiger partial charge in [-0.25, -0.2) is 0 Å². The van der Waals surface area contributed by atoms with E-state index in [2.05, 4.69) is 185 Å². The fourth-order valence-corrected chi connectivity index (χ4v) is 29.5. The van der Waals surface area contributed by atoms with Gasteiger partial charge in [0.15, 0.2) is 0 Å². The smallest absolute Gasteiger partial charge is 0.142 e. The number of ketones is 1. The molecule has 476 valence electrons. The van der Waals surface area contributed by atoms with Crippen molar-refractivity contribution in [1.29, 1.82) is 5.26 Å². The van der Waals surface area contributed by atoms with Gasteiger partial charge >= 0.3 is 0 Å². The largest absolute Gasteiger partial charge is 0.488 e. The van der Waals surface area contributed by atoms with Crippen LogP contribution in [0, 0.1) is 92.1 Å². The van der Waals surface area contributed by atoms with Gasteiger partial charge in [-0.2, -0.15) is 5.26 Å². The van der Waals surface area contributed by atoms with Crippen LogP contribution in [0.1, 0.15) is 210 Å². The lowest BCUT2D eigenvalue weighted by atomic mass is 9.35. The number of rotatable bonds is 3. The van der Waals surface area contributed by atoms with Gasteiger partial charge in [-0.05, 0) is 215 Å². The topological polar surface area (TPSA) is 118 Å². The number of nitriles is 1. The minimum atomic E-state index is -0.718. The Morgan fingerprint density at radius 2 is 0.820 bits per heavy atom. The molecule has 0 amide bonds. The molecule has 15 fully saturated rings. The summed E-state index contributed by atoms with van der Waals surface area (Å²) in [5.74, 6) is 4.69. The van der Waals surface area contributed by atoms with Crippen molar-refractivity contribution in [2.75, 3.05) is 21.1 Å². The van der Waals surface area contributed by atoms with Crippen LogP contribution in [0.15, 0.2) is 36.4 Å². The van der Waals surface area contributed by atoms with Crippen LogP contribution in [-0.4, -0.2) is 116 Å². The lowest BCUT2D eigenvalue weighted by Gasteiger charge is -2.70. The van der Waals surface area contributed by atoms with Gasteiger partial charge in [0.05, 0.1) is 11.2 Å². The van der Waals surface area contributed by atoms with Crippen molar-refractivity contribution in [2.45, 2.75) is 281 Å². The molecular weight excluding hydrogens is 1170 g/mol. The fraction of sp³-hybridized carbons (Fsp3) is 0.744. The average Bonchev–Trinajstić information content (AvgIpc) is 1.45. The molecule has 3 aromatic rings. The van der Waals surface area contributed by atoms with Crippen LogP contribution >= 0.6 is 15.9 Å². The first kappa shape index (κ1) is 58.1. The summed E-state index contributed by atoms with van der Waals surface area (Å²) in [6, 6.07) is 16.0. The monoisotopic (exact) mass is 1270 g/mol. The van der Waals surface area contributed by atoms with Crippen molar-refractivity contribution in [1.82, 2.24) is 14.7 Å². The number of benzene rings is 3. The van der Waals surface area contributed by atoms with Crippen molar-refractivity contribution in [2.24, 2.45) is 61.1 Å². The normalized spacial score (nSPS) is 52.2. The molecule has 17 unspecified atom stereocenters. The molecule has 26 atom stereocenters. The second kappa shape index (κ2) is 15.9. The Balaban J connectivity index is 0.0000000977. The number of aliphatic hydroxyl groups is 2. The Hall–Kier alpha value is -3.50. The van der Waals surface area contributed by atoms with Crippen LogP contribution < -0.4 is 14.2 Å². The second-order valence-electron chi connectivity index (χ2n) is 37.8. The maximum Gasteiger partial charge on any atom is 0.142 e. The van der Waals surface area contributed by atoms with E-state index in [9.17, 15) is 15.0 Å². The predicted octanol–water partition coefficient (Wildman–Crippen LogP) is 13.5. The Bertz CT molecular complexity index is 3690. The number of nitrogens with zero attached hydrogens (tertiary/aromatic N) is 4. The van der Waals surface area contributed by atoms with Gasteiger partial charge in [-0.1, -0.05) is 98.7 Å². The van der Waals surface area contributed by atoms with Gasteiger partial charge < -0.3 is 24.4 Å². The van der Waals surface area contributed by atoms with Gasteiger partial charge in [0.1, 0.15) is 46.3 Å². The van der Waals surface area contributed by atoms with E-state index in [0.717, 1.165) is 25.7 Å². The highest BCUT2D eigenvalue weighted by Crippen LogP contribution is 2.90. The number of Topliss-reactive ketones (excluding diaryl/α,β-unsaturated/α-hetero) is 1. The lowest BCUT2D eigenvalue weighted by Crippen LogP contribution is -2.73. The maximum atomic E-state index is 12.7. The van der Waals surface area contributed by atoms with Gasteiger partial charge in [0.2, 0.25) is 0 Å². The van der Waals surface area contributed by atoms with Gasteiger partial charge in [-0.15, -0.1) is 0 Å². The molecule has 0 radical (unpaired) electrons. The van der Waals surface area contributed by atoms with Crippen LogP contribution in [0.25, 0.3) is 0 Å². The molecule has 12 saturated carbocycles. The number of aryl methyl sites for hydroxylation is 3. The van der Waals surface area contributed by atoms with Crippen LogP contribution in [0.3, 0.4) is 0 Å². The molecule has 9 spiro atoms. The van der Waals surface area contributed by atoms with E-state index in [-0.39, 0.29) is 95.6 Å². The van der Waals surface area contributed by atoms with Crippen molar-refractivity contribution >= 4 is 21.7 Å². The first-order valence-corrected chi connectivity index (χ1v) is 35.8. The zero-order valence-electron chi connectivity index (χ0n) is 57.0. The molecule has 24 rings (SSSR count). The first-order chi connectivity index (χ1) is 41.5. The molecule has 2 N–H and O–H groups in total. The van der Waals surface area contributed by atoms with Crippen molar-refractivity contribution < 1.29 is 29.2 Å². The van der Waals surface area contributed by atoms with Crippen molar-refractivity contribution in [3.05, 3.63) is 86.5 Å². The SMILES string of the molecule is CC(=O)C1CC23CCC1(C)C1Oc4c(C)ccc5c4[C@@]12C[C@]1(C5)[C@H]3N1C.Cc1ccc2c3c1OC1C4(C)CCC5(CC4C(C)(O)C(C)(C)C)[C@@H]4N(C)[C@]4(C2)C[C@]315.Cc1ccc2c3c1OC1C4(C)CCC5(CC4C(C)(O)C(C)(C)C)[C@@H]4N(C)[C@]4(C2)C[C@]315.N#CBr. The Morgan fingerprint density at radius 1 is 0.528 bits per heavy atom. The Kier molecular flexibility index (Phi) is 10.4. The Morgan fingerprint density at radius 3 is 1.12 bits per heavy atom. The number of halogens is 1. The second-order valence-corrected chi connectivity index (χ2v) is 38.2. The summed E-state index contributed by atoms with van der Waals surface area (Å²) in [7, 11) is 7.08. The molecule has 12 bridgehead atoms. The molecule has 15 aliphatic carbocycles. The number of ether oxygens (including phenoxy) is 3. The number of hydrogen-bond acceptors (Lipinski definition) is 10. The van der Waals surface area contributed by atoms with Crippen LogP contribution in [-0.2, 0) is 40.3 Å². The Labute approximate surface area is 539 Å². The highest BCUT2D eigenvalue weighted by Gasteiger charge is 2.94. The molecule has 6 aliphatic heterocycles. The number of hydrogen-bond donors (Lipinski definition) is 2. The number of likely N-dealkylation sites (tertiary alicyclic amines) is 3. The summed E-state index contributed by atoms with van der Waals surface area (Å²) in [6.07, 6.45) is 18.7. The predicted molar refractivity (Wildman–Crippen MR) is 349 cm³/mol. The summed E-state index contributed by atoms with van der Waals surface area (Å²) in [4.78, 5) is 22.4. The number of fused-ring (bicyclic) bond motifs is 6. The molecule has 11 heteroatoms. The number of likely N-dealkylation sites (N-methyl/N-ethyl adjacent to an activating group) is 3. The van der Waals surface area contributed by atoms with E-state index in [1.54, 1.807) is 38.4 Å². The number of carbonyl (C=O) groups excluding carboxylic acids is 1. The van der Waals surface area contributed by atoms with E-state index >= 15 is 0 Å². The summed E-state index contributed by atoms with van der Waals surface area (Å²) < 4.78 is 21.1. The van der Waals surface area contributed by atoms with E-state index in [1.807, 2.05) is 6.92 Å². The number of piperidine rings is 3. The van der Waals surface area contributed by atoms with Crippen LogP contribution in [0.4, 0.5) is 0 Å². The molecule has 6 heterocycles. The summed E-state index contributed by atoms with van der Waals surface area (Å²) >= 11 is 2.45. The third-order valence-corrected chi connectivity index (χ3v) is 33.9. The van der Waals surface area contributed by atoms with Gasteiger partial charge in [0.25, 0.3) is 0 Å². The van der Waals surface area contributed by atoms with E-state index in [4.69, 9.17) is 19.5 Å². The molecule has 10 nitrogen and oxygen atoms in total. The third kappa shape index (κ3) is 5.56. The molecule has 3 aromatic carbocycles. The summed E-state index contributed by atoms with van der Waals surface area (Å²) in [5.41, 5.74) is 13.8. The van der Waals surface area contributed by atoms with E-state index < -0.39 is 11.2 Å². The van der Waals surface area contributed by atoms with Crippen molar-refractivity contribution in [3.63, 3.8) is 0 Å². The van der Waals surface area contributed by atoms with Gasteiger partial charge in [-0.3, -0.25) is 19.5 Å². The molecule has 21 aliphatic rings. The zero-order valence-corrected chi connectivity index (χ0v) is 58.5. The minimum Gasteiger partial charge on any atom is -0.488 e. The lowest BCUT2D eigenvalue weighted by molar-refractivity contribution is -0.246.